The number of anilines is 1. The topological polar surface area (TPSA) is 52.0 Å². The molecule has 106 valence electrons. The summed E-state index contributed by atoms with van der Waals surface area (Å²) in [7, 11) is 0. The van der Waals surface area contributed by atoms with Gasteiger partial charge in [0.25, 0.3) is 0 Å². The monoisotopic (exact) mass is 270 g/mol. The maximum Gasteiger partial charge on any atom is 0.129 e. The summed E-state index contributed by atoms with van der Waals surface area (Å²) >= 11 is 0. The van der Waals surface area contributed by atoms with Crippen LogP contribution in [0.2, 0.25) is 0 Å². The summed E-state index contributed by atoms with van der Waals surface area (Å²) in [5, 5.41) is 12.4. The molecule has 4 heteroatoms. The van der Waals surface area contributed by atoms with Gasteiger partial charge in [0.1, 0.15) is 5.82 Å². The second-order valence-corrected chi connectivity index (χ2v) is 5.93. The summed E-state index contributed by atoms with van der Waals surface area (Å²) in [5.41, 5.74) is 0.704. The van der Waals surface area contributed by atoms with Gasteiger partial charge >= 0.3 is 0 Å². The molecule has 3 heterocycles. The number of piperidine rings is 2. The van der Waals surface area contributed by atoms with E-state index in [9.17, 15) is 0 Å². The summed E-state index contributed by atoms with van der Waals surface area (Å²) in [4.78, 5) is 6.75. The molecule has 2 saturated heterocycles. The highest BCUT2D eigenvalue weighted by Crippen LogP contribution is 2.32. The molecule has 0 saturated carbocycles. The number of hydrogen-bond donors (Lipinski definition) is 1. The van der Waals surface area contributed by atoms with Crippen LogP contribution in [-0.4, -0.2) is 31.2 Å². The standard InChI is InChI=1S/C16H22N4/c17-12-13-1-8-19-16(11-13)20-9-4-15(5-10-20)14-2-6-18-7-3-14/h1,8,11,14-15,18H,2-7,9-10H2. The van der Waals surface area contributed by atoms with Crippen molar-refractivity contribution >= 4 is 5.82 Å². The van der Waals surface area contributed by atoms with E-state index in [0.29, 0.717) is 5.56 Å². The first-order valence-corrected chi connectivity index (χ1v) is 7.68. The van der Waals surface area contributed by atoms with Crippen molar-refractivity contribution in [2.24, 2.45) is 11.8 Å². The highest BCUT2D eigenvalue weighted by molar-refractivity contribution is 5.45. The van der Waals surface area contributed by atoms with E-state index in [2.05, 4.69) is 21.3 Å². The average molecular weight is 270 g/mol. The Kier molecular flexibility index (Phi) is 4.17. The molecule has 0 spiro atoms. The van der Waals surface area contributed by atoms with Gasteiger partial charge in [-0.2, -0.15) is 5.26 Å². The zero-order valence-corrected chi connectivity index (χ0v) is 11.9. The third-order valence-electron chi connectivity index (χ3n) is 4.79. The lowest BCUT2D eigenvalue weighted by atomic mass is 9.79. The molecule has 1 N–H and O–H groups in total. The minimum atomic E-state index is 0.704. The Hall–Kier alpha value is -1.60. The molecule has 0 atom stereocenters. The van der Waals surface area contributed by atoms with Crippen molar-refractivity contribution in [3.8, 4) is 6.07 Å². The third kappa shape index (κ3) is 2.94. The van der Waals surface area contributed by atoms with Gasteiger partial charge in [0.2, 0.25) is 0 Å². The van der Waals surface area contributed by atoms with Crippen molar-refractivity contribution in [1.29, 1.82) is 5.26 Å². The number of aromatic nitrogens is 1. The first-order chi connectivity index (χ1) is 9.86. The minimum absolute atomic E-state index is 0.704. The number of nitriles is 1. The molecule has 0 aliphatic carbocycles. The van der Waals surface area contributed by atoms with Crippen molar-refractivity contribution < 1.29 is 0 Å². The molecule has 0 aromatic carbocycles. The summed E-state index contributed by atoms with van der Waals surface area (Å²) in [5.74, 6) is 2.76. The number of pyridine rings is 1. The quantitative estimate of drug-likeness (QED) is 0.895. The molecule has 0 unspecified atom stereocenters. The zero-order valence-electron chi connectivity index (χ0n) is 11.9. The molecule has 1 aromatic rings. The lowest BCUT2D eigenvalue weighted by Crippen LogP contribution is -2.39. The van der Waals surface area contributed by atoms with Crippen LogP contribution in [0.4, 0.5) is 5.82 Å². The van der Waals surface area contributed by atoms with E-state index < -0.39 is 0 Å². The smallest absolute Gasteiger partial charge is 0.129 e. The van der Waals surface area contributed by atoms with Crippen molar-refractivity contribution in [2.45, 2.75) is 25.7 Å². The molecule has 2 fully saturated rings. The Bertz CT molecular complexity index is 479. The van der Waals surface area contributed by atoms with Crippen LogP contribution in [0.25, 0.3) is 0 Å². The Morgan fingerprint density at radius 1 is 1.15 bits per heavy atom. The fourth-order valence-electron chi connectivity index (χ4n) is 3.58. The van der Waals surface area contributed by atoms with Crippen molar-refractivity contribution in [1.82, 2.24) is 10.3 Å². The van der Waals surface area contributed by atoms with E-state index in [0.717, 1.165) is 30.7 Å². The van der Waals surface area contributed by atoms with Crippen molar-refractivity contribution in [3.63, 3.8) is 0 Å². The lowest BCUT2D eigenvalue weighted by Gasteiger charge is -2.38. The normalized spacial score (nSPS) is 21.6. The van der Waals surface area contributed by atoms with Gasteiger partial charge in [-0.25, -0.2) is 4.98 Å². The second kappa shape index (κ2) is 6.23. The summed E-state index contributed by atoms with van der Waals surface area (Å²) in [6.07, 6.45) is 6.96. The van der Waals surface area contributed by atoms with Gasteiger partial charge < -0.3 is 10.2 Å². The molecule has 1 aromatic heterocycles. The molecule has 2 aliphatic rings. The first kappa shape index (κ1) is 13.4. The van der Waals surface area contributed by atoms with Gasteiger partial charge in [-0.1, -0.05) is 0 Å². The van der Waals surface area contributed by atoms with Gasteiger partial charge in [-0.05, 0) is 62.7 Å². The molecule has 2 aliphatic heterocycles. The molecule has 4 nitrogen and oxygen atoms in total. The first-order valence-electron chi connectivity index (χ1n) is 7.68. The lowest BCUT2D eigenvalue weighted by molar-refractivity contribution is 0.222. The van der Waals surface area contributed by atoms with E-state index in [-0.39, 0.29) is 0 Å². The number of hydrogen-bond acceptors (Lipinski definition) is 4. The largest absolute Gasteiger partial charge is 0.357 e. The zero-order chi connectivity index (χ0) is 13.8. The number of nitrogens with one attached hydrogen (secondary N) is 1. The van der Waals surface area contributed by atoms with E-state index in [1.54, 1.807) is 12.3 Å². The van der Waals surface area contributed by atoms with Crippen LogP contribution in [0.1, 0.15) is 31.2 Å². The van der Waals surface area contributed by atoms with Crippen molar-refractivity contribution in [3.05, 3.63) is 23.9 Å². The fourth-order valence-corrected chi connectivity index (χ4v) is 3.58. The van der Waals surface area contributed by atoms with Crippen LogP contribution >= 0.6 is 0 Å². The highest BCUT2D eigenvalue weighted by Gasteiger charge is 2.27. The Labute approximate surface area is 120 Å². The number of rotatable bonds is 2. The average Bonchev–Trinajstić information content (AvgIpc) is 2.56. The summed E-state index contributed by atoms with van der Waals surface area (Å²) in [6, 6.07) is 5.87. The second-order valence-electron chi connectivity index (χ2n) is 5.93. The van der Waals surface area contributed by atoms with Gasteiger partial charge in [0, 0.05) is 19.3 Å². The third-order valence-corrected chi connectivity index (χ3v) is 4.79. The molecular formula is C16H22N4. The summed E-state index contributed by atoms with van der Waals surface area (Å²) in [6.45, 7) is 4.54. The molecular weight excluding hydrogens is 248 g/mol. The van der Waals surface area contributed by atoms with E-state index in [4.69, 9.17) is 5.26 Å². The van der Waals surface area contributed by atoms with Crippen LogP contribution < -0.4 is 10.2 Å². The van der Waals surface area contributed by atoms with Crippen LogP contribution in [0.3, 0.4) is 0 Å². The molecule has 3 rings (SSSR count). The van der Waals surface area contributed by atoms with Gasteiger partial charge in [0.15, 0.2) is 0 Å². The van der Waals surface area contributed by atoms with Gasteiger partial charge in [-0.15, -0.1) is 0 Å². The predicted octanol–water partition coefficient (Wildman–Crippen LogP) is 2.17. The minimum Gasteiger partial charge on any atom is -0.357 e. The van der Waals surface area contributed by atoms with Crippen molar-refractivity contribution in [2.75, 3.05) is 31.1 Å². The Morgan fingerprint density at radius 3 is 2.55 bits per heavy atom. The van der Waals surface area contributed by atoms with Gasteiger partial charge in [-0.3, -0.25) is 0 Å². The molecule has 0 amide bonds. The van der Waals surface area contributed by atoms with Crippen LogP contribution in [0.15, 0.2) is 18.3 Å². The van der Waals surface area contributed by atoms with Crippen LogP contribution in [0, 0.1) is 23.2 Å². The molecule has 20 heavy (non-hydrogen) atoms. The van der Waals surface area contributed by atoms with E-state index in [1.807, 2.05) is 6.07 Å². The predicted molar refractivity (Wildman–Crippen MR) is 79.5 cm³/mol. The van der Waals surface area contributed by atoms with E-state index >= 15 is 0 Å². The molecule has 0 bridgehead atoms. The molecule has 0 radical (unpaired) electrons. The Balaban J connectivity index is 1.59. The Morgan fingerprint density at radius 2 is 1.85 bits per heavy atom. The fraction of sp³-hybridized carbons (Fsp3) is 0.625. The van der Waals surface area contributed by atoms with Gasteiger partial charge in [0.05, 0.1) is 11.6 Å². The summed E-state index contributed by atoms with van der Waals surface area (Å²) < 4.78 is 0. The van der Waals surface area contributed by atoms with E-state index in [1.165, 1.54) is 38.8 Å². The maximum absolute atomic E-state index is 8.97. The number of nitrogens with zero attached hydrogens (tertiary/aromatic N) is 3. The highest BCUT2D eigenvalue weighted by atomic mass is 15.2. The SMILES string of the molecule is N#Cc1ccnc(N2CCC(C3CCNCC3)CC2)c1. The van der Waals surface area contributed by atoms with Crippen LogP contribution in [-0.2, 0) is 0 Å². The maximum atomic E-state index is 8.97. The van der Waals surface area contributed by atoms with Crippen LogP contribution in [0.5, 0.6) is 0 Å².